The maximum absolute atomic E-state index is 13.0. The molecule has 0 radical (unpaired) electrons. The van der Waals surface area contributed by atoms with E-state index in [4.69, 9.17) is 0 Å². The molecule has 27 heavy (non-hydrogen) atoms. The van der Waals surface area contributed by atoms with Gasteiger partial charge in [-0.3, -0.25) is 14.7 Å². The Labute approximate surface area is 156 Å². The van der Waals surface area contributed by atoms with E-state index in [2.05, 4.69) is 15.5 Å². The average Bonchev–Trinajstić information content (AvgIpc) is 3.38. The summed E-state index contributed by atoms with van der Waals surface area (Å²) < 4.78 is 0. The molecule has 1 aromatic heterocycles. The van der Waals surface area contributed by atoms with Crippen molar-refractivity contribution < 1.29 is 9.59 Å². The fourth-order valence-corrected chi connectivity index (χ4v) is 3.76. The second-order valence-corrected chi connectivity index (χ2v) is 7.31. The van der Waals surface area contributed by atoms with Gasteiger partial charge in [-0.1, -0.05) is 24.3 Å². The zero-order valence-corrected chi connectivity index (χ0v) is 14.8. The SMILES string of the molecule is O=C(Nc1n[nH]c2ccc(C3CCN(c4ccccc4)C3=O)cc12)C1CC1. The van der Waals surface area contributed by atoms with Crippen LogP contribution >= 0.6 is 0 Å². The monoisotopic (exact) mass is 360 g/mol. The van der Waals surface area contributed by atoms with E-state index in [0.717, 1.165) is 41.4 Å². The summed E-state index contributed by atoms with van der Waals surface area (Å²) in [6.45, 7) is 0.711. The summed E-state index contributed by atoms with van der Waals surface area (Å²) >= 11 is 0. The first-order valence-corrected chi connectivity index (χ1v) is 9.36. The van der Waals surface area contributed by atoms with Crippen molar-refractivity contribution >= 4 is 34.2 Å². The Hall–Kier alpha value is -3.15. The van der Waals surface area contributed by atoms with E-state index >= 15 is 0 Å². The topological polar surface area (TPSA) is 78.1 Å². The minimum absolute atomic E-state index is 0.0287. The van der Waals surface area contributed by atoms with Crippen LogP contribution < -0.4 is 10.2 Å². The van der Waals surface area contributed by atoms with Gasteiger partial charge in [-0.25, -0.2) is 0 Å². The molecule has 5 rings (SSSR count). The van der Waals surface area contributed by atoms with E-state index < -0.39 is 0 Å². The molecule has 0 spiro atoms. The predicted molar refractivity (Wildman–Crippen MR) is 104 cm³/mol. The van der Waals surface area contributed by atoms with Crippen LogP contribution in [0.2, 0.25) is 0 Å². The third kappa shape index (κ3) is 2.87. The van der Waals surface area contributed by atoms with E-state index in [9.17, 15) is 9.59 Å². The number of benzene rings is 2. The second-order valence-electron chi connectivity index (χ2n) is 7.31. The molecule has 1 saturated heterocycles. The van der Waals surface area contributed by atoms with Gasteiger partial charge in [0.05, 0.1) is 11.4 Å². The van der Waals surface area contributed by atoms with Gasteiger partial charge >= 0.3 is 0 Å². The van der Waals surface area contributed by atoms with Gasteiger partial charge in [0.1, 0.15) is 0 Å². The first-order chi connectivity index (χ1) is 13.2. The van der Waals surface area contributed by atoms with E-state index in [1.54, 1.807) is 0 Å². The summed E-state index contributed by atoms with van der Waals surface area (Å²) in [5.41, 5.74) is 2.76. The zero-order valence-electron chi connectivity index (χ0n) is 14.8. The maximum Gasteiger partial charge on any atom is 0.234 e. The smallest absolute Gasteiger partial charge is 0.234 e. The molecule has 1 unspecified atom stereocenters. The minimum Gasteiger partial charge on any atom is -0.312 e. The zero-order chi connectivity index (χ0) is 18.4. The lowest BCUT2D eigenvalue weighted by Gasteiger charge is -2.17. The lowest BCUT2D eigenvalue weighted by Crippen LogP contribution is -2.26. The van der Waals surface area contributed by atoms with Crippen LogP contribution in [0, 0.1) is 5.92 Å². The van der Waals surface area contributed by atoms with Gasteiger partial charge in [-0.2, -0.15) is 5.10 Å². The van der Waals surface area contributed by atoms with Gasteiger partial charge in [-0.15, -0.1) is 0 Å². The van der Waals surface area contributed by atoms with Gasteiger partial charge in [0, 0.05) is 23.5 Å². The molecule has 1 atom stereocenters. The molecule has 2 amide bonds. The lowest BCUT2D eigenvalue weighted by atomic mass is 9.96. The number of para-hydroxylation sites is 1. The van der Waals surface area contributed by atoms with Crippen LogP contribution in [-0.2, 0) is 9.59 Å². The molecule has 1 aliphatic carbocycles. The Morgan fingerprint density at radius 1 is 1.11 bits per heavy atom. The van der Waals surface area contributed by atoms with Crippen LogP contribution in [0.4, 0.5) is 11.5 Å². The molecular formula is C21H20N4O2. The molecule has 2 N–H and O–H groups in total. The number of amides is 2. The second kappa shape index (κ2) is 6.23. The summed E-state index contributed by atoms with van der Waals surface area (Å²) in [6.07, 6.45) is 2.68. The van der Waals surface area contributed by atoms with Crippen LogP contribution in [-0.4, -0.2) is 28.6 Å². The lowest BCUT2D eigenvalue weighted by molar-refractivity contribution is -0.118. The Bertz CT molecular complexity index is 1020. The summed E-state index contributed by atoms with van der Waals surface area (Å²) in [7, 11) is 0. The van der Waals surface area contributed by atoms with Gasteiger partial charge in [0.15, 0.2) is 5.82 Å². The number of aromatic amines is 1. The number of nitrogens with one attached hydrogen (secondary N) is 2. The van der Waals surface area contributed by atoms with E-state index in [1.165, 1.54) is 0 Å². The highest BCUT2D eigenvalue weighted by atomic mass is 16.2. The molecule has 136 valence electrons. The largest absolute Gasteiger partial charge is 0.312 e. The van der Waals surface area contributed by atoms with Gasteiger partial charge in [0.2, 0.25) is 11.8 Å². The van der Waals surface area contributed by atoms with E-state index in [1.807, 2.05) is 53.4 Å². The van der Waals surface area contributed by atoms with Gasteiger partial charge < -0.3 is 10.2 Å². The van der Waals surface area contributed by atoms with Gasteiger partial charge in [0.25, 0.3) is 0 Å². The number of carbonyl (C=O) groups is 2. The highest BCUT2D eigenvalue weighted by Gasteiger charge is 2.34. The number of hydrogen-bond acceptors (Lipinski definition) is 3. The van der Waals surface area contributed by atoms with Crippen LogP contribution in [0.5, 0.6) is 0 Å². The van der Waals surface area contributed by atoms with Gasteiger partial charge in [-0.05, 0) is 49.1 Å². The van der Waals surface area contributed by atoms with Crippen LogP contribution in [0.3, 0.4) is 0 Å². The van der Waals surface area contributed by atoms with Crippen molar-refractivity contribution in [1.29, 1.82) is 0 Å². The van der Waals surface area contributed by atoms with Crippen molar-refractivity contribution in [3.63, 3.8) is 0 Å². The van der Waals surface area contributed by atoms with Crippen molar-refractivity contribution in [3.05, 3.63) is 54.1 Å². The van der Waals surface area contributed by atoms with Crippen LogP contribution in [0.25, 0.3) is 10.9 Å². The Balaban J connectivity index is 1.43. The average molecular weight is 360 g/mol. The number of rotatable bonds is 4. The molecule has 2 heterocycles. The number of hydrogen-bond donors (Lipinski definition) is 2. The number of nitrogens with zero attached hydrogens (tertiary/aromatic N) is 2. The molecule has 3 aromatic rings. The normalized spacial score (nSPS) is 19.6. The quantitative estimate of drug-likeness (QED) is 0.748. The van der Waals surface area contributed by atoms with E-state index in [0.29, 0.717) is 12.4 Å². The molecule has 0 bridgehead atoms. The van der Waals surface area contributed by atoms with Crippen molar-refractivity contribution in [1.82, 2.24) is 10.2 Å². The first kappa shape index (κ1) is 16.1. The molecular weight excluding hydrogens is 340 g/mol. The number of aromatic nitrogens is 2. The summed E-state index contributed by atoms with van der Waals surface area (Å²) in [4.78, 5) is 26.9. The molecule has 1 saturated carbocycles. The summed E-state index contributed by atoms with van der Waals surface area (Å²) in [5, 5.41) is 11.0. The summed E-state index contributed by atoms with van der Waals surface area (Å²) in [5.74, 6) is 0.648. The number of fused-ring (bicyclic) bond motifs is 1. The molecule has 6 heteroatoms. The Morgan fingerprint density at radius 2 is 1.93 bits per heavy atom. The highest BCUT2D eigenvalue weighted by Crippen LogP contribution is 2.35. The van der Waals surface area contributed by atoms with Crippen LogP contribution in [0.15, 0.2) is 48.5 Å². The number of carbonyl (C=O) groups excluding carboxylic acids is 2. The third-order valence-electron chi connectivity index (χ3n) is 5.45. The molecule has 2 aliphatic rings. The first-order valence-electron chi connectivity index (χ1n) is 9.36. The predicted octanol–water partition coefficient (Wildman–Crippen LogP) is 3.43. The van der Waals surface area contributed by atoms with Crippen molar-refractivity contribution in [3.8, 4) is 0 Å². The minimum atomic E-state index is -0.170. The van der Waals surface area contributed by atoms with Crippen molar-refractivity contribution in [2.24, 2.45) is 5.92 Å². The Morgan fingerprint density at radius 3 is 2.70 bits per heavy atom. The van der Waals surface area contributed by atoms with Crippen molar-refractivity contribution in [2.75, 3.05) is 16.8 Å². The maximum atomic E-state index is 13.0. The molecule has 6 nitrogen and oxygen atoms in total. The highest BCUT2D eigenvalue weighted by molar-refractivity contribution is 6.03. The van der Waals surface area contributed by atoms with Crippen molar-refractivity contribution in [2.45, 2.75) is 25.2 Å². The molecule has 1 aliphatic heterocycles. The van der Waals surface area contributed by atoms with Crippen LogP contribution in [0.1, 0.15) is 30.7 Å². The molecule has 2 fully saturated rings. The Kier molecular flexibility index (Phi) is 3.70. The van der Waals surface area contributed by atoms with E-state index in [-0.39, 0.29) is 23.7 Å². The number of H-pyrrole nitrogens is 1. The standard InChI is InChI=1S/C21H20N4O2/c26-20(13-6-7-13)22-19-17-12-14(8-9-18(17)23-24-19)16-10-11-25(21(16)27)15-4-2-1-3-5-15/h1-5,8-9,12-13,16H,6-7,10-11H2,(H2,22,23,24,26). The fraction of sp³-hybridized carbons (Fsp3) is 0.286. The fourth-order valence-electron chi connectivity index (χ4n) is 3.76. The molecule has 2 aromatic carbocycles. The number of anilines is 2. The summed E-state index contributed by atoms with van der Waals surface area (Å²) in [6, 6.07) is 15.7. The third-order valence-corrected chi connectivity index (χ3v) is 5.45.